The molecule has 8 heteroatoms. The van der Waals surface area contributed by atoms with E-state index in [-0.39, 0.29) is 6.79 Å². The van der Waals surface area contributed by atoms with Gasteiger partial charge in [0.05, 0.1) is 14.2 Å². The zero-order valence-corrected chi connectivity index (χ0v) is 18.1. The summed E-state index contributed by atoms with van der Waals surface area (Å²) >= 11 is 19.6. The third-order valence-electron chi connectivity index (χ3n) is 5.61. The van der Waals surface area contributed by atoms with E-state index in [1.54, 1.807) is 14.2 Å². The Bertz CT molecular complexity index is 1030. The predicted molar refractivity (Wildman–Crippen MR) is 113 cm³/mol. The van der Waals surface area contributed by atoms with Crippen molar-refractivity contribution in [3.05, 3.63) is 46.5 Å². The fourth-order valence-corrected chi connectivity index (χ4v) is 5.07. The van der Waals surface area contributed by atoms with E-state index in [0.29, 0.717) is 18.0 Å². The molecule has 3 heterocycles. The second-order valence-electron chi connectivity index (χ2n) is 7.08. The van der Waals surface area contributed by atoms with Crippen molar-refractivity contribution in [1.29, 1.82) is 0 Å². The summed E-state index contributed by atoms with van der Waals surface area (Å²) in [6.07, 6.45) is 2.90. The molecule has 0 fully saturated rings. The number of hydrogen-bond donors (Lipinski definition) is 0. The van der Waals surface area contributed by atoms with Gasteiger partial charge >= 0.3 is 0 Å². The first kappa shape index (κ1) is 19.0. The summed E-state index contributed by atoms with van der Waals surface area (Å²) < 4.78 is 20.7. The fourth-order valence-electron chi connectivity index (χ4n) is 4.39. The van der Waals surface area contributed by atoms with E-state index in [9.17, 15) is 0 Å². The maximum atomic E-state index is 6.53. The first-order chi connectivity index (χ1) is 13.9. The quantitative estimate of drug-likeness (QED) is 0.582. The highest BCUT2D eigenvalue weighted by Crippen LogP contribution is 2.56. The Hall–Kier alpha value is -1.95. The van der Waals surface area contributed by atoms with Crippen LogP contribution in [0.25, 0.3) is 11.8 Å². The van der Waals surface area contributed by atoms with Crippen LogP contribution in [0.5, 0.6) is 23.0 Å². The van der Waals surface area contributed by atoms with Crippen LogP contribution in [0, 0.1) is 0 Å². The summed E-state index contributed by atoms with van der Waals surface area (Å²) in [5.41, 5.74) is 4.96. The molecular weight excluding hydrogens is 437 g/mol. The minimum Gasteiger partial charge on any atom is -0.493 e. The lowest BCUT2D eigenvalue weighted by Crippen LogP contribution is -2.41. The number of hydrogen-bond acceptors (Lipinski definition) is 5. The Morgan fingerprint density at radius 1 is 1.07 bits per heavy atom. The zero-order valence-electron chi connectivity index (χ0n) is 15.8. The van der Waals surface area contributed by atoms with Gasteiger partial charge in [0, 0.05) is 23.4 Å². The van der Waals surface area contributed by atoms with Gasteiger partial charge in [-0.2, -0.15) is 0 Å². The van der Waals surface area contributed by atoms with Crippen molar-refractivity contribution >= 4 is 46.6 Å². The Morgan fingerprint density at radius 3 is 2.52 bits per heavy atom. The Balaban J connectivity index is 1.75. The second kappa shape index (κ2) is 6.79. The molecule has 29 heavy (non-hydrogen) atoms. The maximum Gasteiger partial charge on any atom is 0.231 e. The summed E-state index contributed by atoms with van der Waals surface area (Å²) in [4.78, 5) is 2.13. The van der Waals surface area contributed by atoms with E-state index >= 15 is 0 Å². The highest BCUT2D eigenvalue weighted by atomic mass is 35.6. The van der Waals surface area contributed by atoms with Gasteiger partial charge in [0.15, 0.2) is 23.0 Å². The molecule has 1 unspecified atom stereocenters. The van der Waals surface area contributed by atoms with E-state index < -0.39 is 9.83 Å². The second-order valence-corrected chi connectivity index (χ2v) is 9.45. The molecule has 0 radical (unpaired) electrons. The average Bonchev–Trinajstić information content (AvgIpc) is 3.16. The molecule has 3 aliphatic rings. The Kier molecular flexibility index (Phi) is 4.46. The molecule has 0 N–H and O–H groups in total. The van der Waals surface area contributed by atoms with Crippen LogP contribution in [0.1, 0.15) is 28.3 Å². The zero-order chi connectivity index (χ0) is 20.3. The number of halogens is 3. The molecule has 1 atom stereocenters. The van der Waals surface area contributed by atoms with Crippen LogP contribution in [0.2, 0.25) is 0 Å². The monoisotopic (exact) mass is 453 g/mol. The first-order valence-corrected chi connectivity index (χ1v) is 10.3. The third-order valence-corrected chi connectivity index (χ3v) is 6.23. The number of methoxy groups -OCH3 is 2. The molecule has 152 valence electrons. The number of alkyl halides is 3. The smallest absolute Gasteiger partial charge is 0.231 e. The van der Waals surface area contributed by atoms with Gasteiger partial charge in [-0.3, -0.25) is 0 Å². The summed E-state index contributed by atoms with van der Waals surface area (Å²) in [5, 5.41) is 0. The van der Waals surface area contributed by atoms with Gasteiger partial charge in [-0.25, -0.2) is 0 Å². The summed E-state index contributed by atoms with van der Waals surface area (Å²) in [7, 11) is 3.19. The molecule has 3 aliphatic heterocycles. The van der Waals surface area contributed by atoms with Crippen molar-refractivity contribution in [2.24, 2.45) is 0 Å². The van der Waals surface area contributed by atoms with Crippen LogP contribution in [0.4, 0.5) is 0 Å². The minimum atomic E-state index is -1.58. The molecule has 0 bridgehead atoms. The molecule has 2 aromatic carbocycles. The van der Waals surface area contributed by atoms with Crippen molar-refractivity contribution in [2.45, 2.75) is 16.3 Å². The lowest BCUT2D eigenvalue weighted by Gasteiger charge is -2.45. The molecule has 0 amide bonds. The van der Waals surface area contributed by atoms with Gasteiger partial charge in [0.2, 0.25) is 10.6 Å². The molecule has 5 rings (SSSR count). The average molecular weight is 455 g/mol. The number of rotatable bonds is 2. The molecule has 5 nitrogen and oxygen atoms in total. The van der Waals surface area contributed by atoms with E-state index in [2.05, 4.69) is 11.0 Å². The van der Waals surface area contributed by atoms with E-state index in [4.69, 9.17) is 53.8 Å². The van der Waals surface area contributed by atoms with Crippen LogP contribution in [0.15, 0.2) is 24.3 Å². The van der Waals surface area contributed by atoms with Crippen LogP contribution in [-0.2, 0) is 6.42 Å². The predicted octanol–water partition coefficient (Wildman–Crippen LogP) is 5.21. The number of benzene rings is 2. The summed E-state index contributed by atoms with van der Waals surface area (Å²) in [6, 6.07) is 7.35. The van der Waals surface area contributed by atoms with Crippen LogP contribution in [-0.4, -0.2) is 36.2 Å². The van der Waals surface area contributed by atoms with Crippen molar-refractivity contribution in [2.75, 3.05) is 27.6 Å². The fraction of sp³-hybridized carbons (Fsp3) is 0.333. The molecule has 2 aromatic rings. The van der Waals surface area contributed by atoms with Crippen molar-refractivity contribution in [3.63, 3.8) is 0 Å². The molecular formula is C21H18Cl3NO4. The molecule has 0 saturated heterocycles. The van der Waals surface area contributed by atoms with Gasteiger partial charge in [-0.15, -0.1) is 0 Å². The van der Waals surface area contributed by atoms with Crippen LogP contribution >= 0.6 is 34.8 Å². The van der Waals surface area contributed by atoms with Gasteiger partial charge < -0.3 is 23.8 Å². The van der Waals surface area contributed by atoms with E-state index in [1.807, 2.05) is 24.3 Å². The largest absolute Gasteiger partial charge is 0.493 e. The van der Waals surface area contributed by atoms with Crippen LogP contribution in [0.3, 0.4) is 0 Å². The normalized spacial score (nSPS) is 19.1. The SMILES string of the molecule is COc1ccc2c(c1OC)C(C(Cl)(Cl)Cl)N1CCc3cc4c(cc3C1=C2)OCO4. The van der Waals surface area contributed by atoms with Crippen molar-refractivity contribution in [3.8, 4) is 23.0 Å². The van der Waals surface area contributed by atoms with Gasteiger partial charge in [-0.05, 0) is 41.8 Å². The number of fused-ring (bicyclic) bond motifs is 5. The van der Waals surface area contributed by atoms with E-state index in [1.165, 1.54) is 5.56 Å². The van der Waals surface area contributed by atoms with Gasteiger partial charge in [0.25, 0.3) is 0 Å². The molecule has 0 saturated carbocycles. The maximum absolute atomic E-state index is 6.53. The topological polar surface area (TPSA) is 40.2 Å². The van der Waals surface area contributed by atoms with Crippen LogP contribution < -0.4 is 18.9 Å². The first-order valence-electron chi connectivity index (χ1n) is 9.15. The number of ether oxygens (including phenoxy) is 4. The lowest BCUT2D eigenvalue weighted by molar-refractivity contribution is 0.174. The molecule has 0 aromatic heterocycles. The van der Waals surface area contributed by atoms with Gasteiger partial charge in [0.1, 0.15) is 6.04 Å². The standard InChI is InChI=1S/C21H18Cl3NO4/c1-26-15-4-3-12-7-14-13-9-17-16(28-10-29-17)8-11(13)5-6-25(14)20(21(22,23)24)18(12)19(15)27-2/h3-4,7-9,20H,5-6,10H2,1-2H3. The highest BCUT2D eigenvalue weighted by Gasteiger charge is 2.46. The Morgan fingerprint density at radius 2 is 1.83 bits per heavy atom. The molecule has 0 spiro atoms. The lowest BCUT2D eigenvalue weighted by atomic mass is 9.86. The van der Waals surface area contributed by atoms with Gasteiger partial charge in [-0.1, -0.05) is 40.9 Å². The summed E-state index contributed by atoms with van der Waals surface area (Å²) in [5.74, 6) is 2.68. The van der Waals surface area contributed by atoms with Crippen molar-refractivity contribution in [1.82, 2.24) is 4.90 Å². The highest BCUT2D eigenvalue weighted by molar-refractivity contribution is 6.68. The van der Waals surface area contributed by atoms with Crippen molar-refractivity contribution < 1.29 is 18.9 Å². The number of nitrogens with zero attached hydrogens (tertiary/aromatic N) is 1. The minimum absolute atomic E-state index is 0.234. The third kappa shape index (κ3) is 2.90. The van der Waals surface area contributed by atoms with E-state index in [0.717, 1.165) is 40.3 Å². The Labute approximate surface area is 183 Å². The molecule has 0 aliphatic carbocycles. The summed E-state index contributed by atoms with van der Waals surface area (Å²) in [6.45, 7) is 0.925.